The minimum atomic E-state index is -0.413. The molecule has 7 nitrogen and oxygen atoms in total. The van der Waals surface area contributed by atoms with Gasteiger partial charge in [0, 0.05) is 30.9 Å². The Morgan fingerprint density at radius 2 is 1.81 bits per heavy atom. The fourth-order valence-electron chi connectivity index (χ4n) is 3.40. The Morgan fingerprint density at radius 3 is 2.50 bits per heavy atom. The molecule has 1 aromatic heterocycles. The molecular weight excluding hydrogens is 422 g/mol. The van der Waals surface area contributed by atoms with Gasteiger partial charge in [0.1, 0.15) is 0 Å². The van der Waals surface area contributed by atoms with Crippen LogP contribution in [0.5, 0.6) is 0 Å². The van der Waals surface area contributed by atoms with Crippen LogP contribution in [0.3, 0.4) is 0 Å². The van der Waals surface area contributed by atoms with E-state index in [2.05, 4.69) is 70.4 Å². The van der Waals surface area contributed by atoms with Crippen molar-refractivity contribution < 1.29 is 4.92 Å². The highest BCUT2D eigenvalue weighted by atomic mass is 32.1. The van der Waals surface area contributed by atoms with Gasteiger partial charge in [0.2, 0.25) is 5.13 Å². The van der Waals surface area contributed by atoms with Crippen LogP contribution in [0, 0.1) is 24.0 Å². The molecule has 0 aliphatic carbocycles. The van der Waals surface area contributed by atoms with E-state index in [1.807, 2.05) is 13.0 Å². The maximum absolute atomic E-state index is 11.0. The second-order valence-corrected chi connectivity index (χ2v) is 8.59. The van der Waals surface area contributed by atoms with Gasteiger partial charge in [-0.1, -0.05) is 41.2 Å². The van der Waals surface area contributed by atoms with E-state index in [1.165, 1.54) is 34.6 Å². The lowest BCUT2D eigenvalue weighted by Gasteiger charge is -2.24. The largest absolute Gasteiger partial charge is 0.367 e. The maximum atomic E-state index is 11.0. The molecule has 1 heterocycles. The molecule has 32 heavy (non-hydrogen) atoms. The van der Waals surface area contributed by atoms with E-state index in [9.17, 15) is 10.1 Å². The third-order valence-electron chi connectivity index (χ3n) is 5.24. The summed E-state index contributed by atoms with van der Waals surface area (Å²) in [5.74, 6) is 0. The highest BCUT2D eigenvalue weighted by Gasteiger charge is 2.11. The van der Waals surface area contributed by atoms with E-state index in [0.29, 0.717) is 10.6 Å². The highest BCUT2D eigenvalue weighted by Crippen LogP contribution is 2.33. The molecule has 0 aliphatic heterocycles. The van der Waals surface area contributed by atoms with Crippen molar-refractivity contribution >= 4 is 43.7 Å². The topological polar surface area (TPSA) is 84.0 Å². The number of non-ortho nitro benzene ring substituents is 1. The summed E-state index contributed by atoms with van der Waals surface area (Å²) >= 11 is 1.28. The molecule has 0 bridgehead atoms. The van der Waals surface area contributed by atoms with Crippen LogP contribution in [0.1, 0.15) is 23.6 Å². The quantitative estimate of drug-likeness (QED) is 0.170. The Hall–Kier alpha value is -3.65. The standard InChI is InChI=1S/C24H23N5O2S/c1-4-28(15-18-7-5-16(2)6-8-18)19-9-11-21(17(3)13-19)26-27-24-25-22-12-10-20(29(30)31)14-23(22)32-24/h5-14H,4,15H2,1-3H3. The number of aromatic nitrogens is 1. The zero-order chi connectivity index (χ0) is 22.7. The third kappa shape index (κ3) is 4.81. The molecule has 0 unspecified atom stereocenters. The molecule has 8 heteroatoms. The molecule has 4 rings (SSSR count). The molecule has 0 atom stereocenters. The molecule has 0 spiro atoms. The van der Waals surface area contributed by atoms with Crippen molar-refractivity contribution in [1.82, 2.24) is 4.98 Å². The summed E-state index contributed by atoms with van der Waals surface area (Å²) in [4.78, 5) is 17.3. The van der Waals surface area contributed by atoms with Crippen molar-refractivity contribution in [2.75, 3.05) is 11.4 Å². The van der Waals surface area contributed by atoms with E-state index in [4.69, 9.17) is 0 Å². The summed E-state index contributed by atoms with van der Waals surface area (Å²) in [6.07, 6.45) is 0. The van der Waals surface area contributed by atoms with Crippen molar-refractivity contribution in [2.24, 2.45) is 10.2 Å². The fraction of sp³-hybridized carbons (Fsp3) is 0.208. The zero-order valence-electron chi connectivity index (χ0n) is 18.1. The van der Waals surface area contributed by atoms with E-state index >= 15 is 0 Å². The fourth-order valence-corrected chi connectivity index (χ4v) is 4.22. The monoisotopic (exact) mass is 445 g/mol. The highest BCUT2D eigenvalue weighted by molar-refractivity contribution is 7.21. The number of rotatable bonds is 7. The van der Waals surface area contributed by atoms with Gasteiger partial charge >= 0.3 is 0 Å². The molecule has 0 saturated heterocycles. The summed E-state index contributed by atoms with van der Waals surface area (Å²) in [7, 11) is 0. The first-order chi connectivity index (χ1) is 15.4. The molecule has 0 aliphatic rings. The number of azo groups is 1. The Kier molecular flexibility index (Phi) is 6.23. The second kappa shape index (κ2) is 9.23. The number of fused-ring (bicyclic) bond motifs is 1. The molecule has 3 aromatic carbocycles. The van der Waals surface area contributed by atoms with Gasteiger partial charge in [-0.3, -0.25) is 10.1 Å². The zero-order valence-corrected chi connectivity index (χ0v) is 19.0. The lowest BCUT2D eigenvalue weighted by atomic mass is 10.1. The summed E-state index contributed by atoms with van der Waals surface area (Å²) in [5.41, 5.74) is 6.18. The number of thiazole rings is 1. The molecule has 0 N–H and O–H groups in total. The van der Waals surface area contributed by atoms with Crippen molar-refractivity contribution in [1.29, 1.82) is 0 Å². The van der Waals surface area contributed by atoms with Crippen molar-refractivity contribution in [3.05, 3.63) is 87.5 Å². The van der Waals surface area contributed by atoms with Crippen LogP contribution in [-0.4, -0.2) is 16.5 Å². The number of hydrogen-bond acceptors (Lipinski definition) is 7. The molecule has 0 saturated carbocycles. The Balaban J connectivity index is 1.52. The van der Waals surface area contributed by atoms with Crippen LogP contribution >= 0.6 is 11.3 Å². The molecule has 0 amide bonds. The van der Waals surface area contributed by atoms with Crippen molar-refractivity contribution in [3.8, 4) is 0 Å². The second-order valence-electron chi connectivity index (χ2n) is 7.58. The van der Waals surface area contributed by atoms with Gasteiger partial charge in [0.25, 0.3) is 5.69 Å². The molecule has 0 fully saturated rings. The minimum absolute atomic E-state index is 0.0437. The Labute approximate surface area is 190 Å². The number of hydrogen-bond donors (Lipinski definition) is 0. The summed E-state index contributed by atoms with van der Waals surface area (Å²) in [6, 6.07) is 19.3. The van der Waals surface area contributed by atoms with E-state index in [0.717, 1.165) is 34.7 Å². The van der Waals surface area contributed by atoms with E-state index < -0.39 is 4.92 Å². The van der Waals surface area contributed by atoms with E-state index in [1.54, 1.807) is 6.07 Å². The summed E-state index contributed by atoms with van der Waals surface area (Å²) < 4.78 is 0.718. The number of nitrogens with zero attached hydrogens (tertiary/aromatic N) is 5. The van der Waals surface area contributed by atoms with Gasteiger partial charge < -0.3 is 4.90 Å². The van der Waals surface area contributed by atoms with Crippen LogP contribution in [-0.2, 0) is 6.54 Å². The molecule has 0 radical (unpaired) electrons. The van der Waals surface area contributed by atoms with Gasteiger partial charge in [-0.05, 0) is 56.2 Å². The van der Waals surface area contributed by atoms with E-state index in [-0.39, 0.29) is 5.69 Å². The van der Waals surface area contributed by atoms with Crippen LogP contribution in [0.4, 0.5) is 22.2 Å². The third-order valence-corrected chi connectivity index (χ3v) is 6.14. The number of anilines is 1. The predicted molar refractivity (Wildman–Crippen MR) is 130 cm³/mol. The van der Waals surface area contributed by atoms with Crippen molar-refractivity contribution in [2.45, 2.75) is 27.3 Å². The number of aryl methyl sites for hydroxylation is 2. The van der Waals surface area contributed by atoms with Gasteiger partial charge in [-0.2, -0.15) is 0 Å². The van der Waals surface area contributed by atoms with Crippen LogP contribution < -0.4 is 4.90 Å². The first-order valence-corrected chi connectivity index (χ1v) is 11.1. The number of nitro benzene ring substituents is 1. The average Bonchev–Trinajstić information content (AvgIpc) is 3.20. The lowest BCUT2D eigenvalue weighted by molar-refractivity contribution is -0.384. The maximum Gasteiger partial charge on any atom is 0.270 e. The van der Waals surface area contributed by atoms with Gasteiger partial charge in [-0.25, -0.2) is 4.98 Å². The minimum Gasteiger partial charge on any atom is -0.367 e. The Bertz CT molecular complexity index is 1300. The van der Waals surface area contributed by atoms with Crippen LogP contribution in [0.2, 0.25) is 0 Å². The van der Waals surface area contributed by atoms with Gasteiger partial charge in [0.05, 0.1) is 20.8 Å². The SMILES string of the molecule is CCN(Cc1ccc(C)cc1)c1ccc(N=Nc2nc3ccc([N+](=O)[O-])cc3s2)c(C)c1. The molecule has 162 valence electrons. The number of nitro groups is 1. The first-order valence-electron chi connectivity index (χ1n) is 10.3. The summed E-state index contributed by atoms with van der Waals surface area (Å²) in [6.45, 7) is 7.99. The number of benzene rings is 3. The molecule has 4 aromatic rings. The lowest BCUT2D eigenvalue weighted by Crippen LogP contribution is -2.21. The predicted octanol–water partition coefficient (Wildman–Crippen LogP) is 7.26. The van der Waals surface area contributed by atoms with Gasteiger partial charge in [0.15, 0.2) is 0 Å². The van der Waals surface area contributed by atoms with Crippen LogP contribution in [0.15, 0.2) is 70.9 Å². The molecular formula is C24H23N5O2S. The summed E-state index contributed by atoms with van der Waals surface area (Å²) in [5, 5.41) is 20.1. The van der Waals surface area contributed by atoms with Crippen LogP contribution in [0.25, 0.3) is 10.2 Å². The average molecular weight is 446 g/mol. The van der Waals surface area contributed by atoms with Gasteiger partial charge in [-0.15, -0.1) is 10.2 Å². The first kappa shape index (κ1) is 21.6. The normalized spacial score (nSPS) is 11.3. The smallest absolute Gasteiger partial charge is 0.270 e. The Morgan fingerprint density at radius 1 is 1.03 bits per heavy atom. The van der Waals surface area contributed by atoms with Crippen molar-refractivity contribution in [3.63, 3.8) is 0 Å².